The summed E-state index contributed by atoms with van der Waals surface area (Å²) in [6, 6.07) is 41.5. The lowest BCUT2D eigenvalue weighted by Gasteiger charge is -2.37. The molecular formula is C64H61ClF4O12S2. The second-order valence-corrected chi connectivity index (χ2v) is 25.9. The van der Waals surface area contributed by atoms with Crippen molar-refractivity contribution in [2.24, 2.45) is 35.5 Å². The van der Waals surface area contributed by atoms with Gasteiger partial charge in [0, 0.05) is 6.08 Å². The highest BCUT2D eigenvalue weighted by atomic mass is 35.5. The third-order valence-corrected chi connectivity index (χ3v) is 21.2. The monoisotopic (exact) mass is 1200 g/mol. The van der Waals surface area contributed by atoms with Gasteiger partial charge < -0.3 is 19.3 Å². The van der Waals surface area contributed by atoms with E-state index in [4.69, 9.17) is 25.8 Å². The smallest absolute Gasteiger partial charge is 0.380 e. The first-order chi connectivity index (χ1) is 39.5. The van der Waals surface area contributed by atoms with Gasteiger partial charge in [0.2, 0.25) is 24.9 Å². The third kappa shape index (κ3) is 12.3. The molecule has 6 aromatic carbocycles. The summed E-state index contributed by atoms with van der Waals surface area (Å²) in [6.07, 6.45) is 8.72. The summed E-state index contributed by atoms with van der Waals surface area (Å²) in [5.74, 6) is -2.24. The van der Waals surface area contributed by atoms with E-state index in [2.05, 4.69) is 13.2 Å². The maximum atomic E-state index is 16.1. The van der Waals surface area contributed by atoms with Crippen molar-refractivity contribution >= 4 is 54.4 Å². The van der Waals surface area contributed by atoms with Crippen LogP contribution in [0, 0.1) is 35.5 Å². The Bertz CT molecular complexity index is 3420. The number of benzene rings is 6. The van der Waals surface area contributed by atoms with Crippen LogP contribution in [0.3, 0.4) is 0 Å². The first kappa shape index (κ1) is 61.7. The minimum atomic E-state index is -5.53. The average molecular weight is 1200 g/mol. The zero-order chi connectivity index (χ0) is 59.8. The predicted molar refractivity (Wildman–Crippen MR) is 304 cm³/mol. The van der Waals surface area contributed by atoms with Crippen molar-refractivity contribution in [2.45, 2.75) is 71.4 Å². The van der Waals surface area contributed by atoms with Gasteiger partial charge in [-0.05, 0) is 138 Å². The molecule has 19 heteroatoms. The van der Waals surface area contributed by atoms with Gasteiger partial charge in [-0.2, -0.15) is 17.6 Å². The Morgan fingerprint density at radius 2 is 0.807 bits per heavy atom. The summed E-state index contributed by atoms with van der Waals surface area (Å²) in [5, 5.41) is 0.485. The molecule has 0 amide bonds. The number of carbonyl (C=O) groups excluding carboxylic acids is 4. The van der Waals surface area contributed by atoms with Gasteiger partial charge in [0.1, 0.15) is 11.5 Å². The van der Waals surface area contributed by atoms with Crippen LogP contribution >= 0.6 is 11.6 Å². The molecule has 4 aliphatic rings. The lowest BCUT2D eigenvalue weighted by atomic mass is 9.84. The molecule has 6 unspecified atom stereocenters. The summed E-state index contributed by atoms with van der Waals surface area (Å²) in [7, 11) is -11.0. The Balaban J connectivity index is 0.000000201. The van der Waals surface area contributed by atoms with Gasteiger partial charge in [0.05, 0.1) is 11.8 Å². The molecule has 12 nitrogen and oxygen atoms in total. The molecule has 0 aliphatic heterocycles. The number of hydrogen-bond donors (Lipinski definition) is 1. The Kier molecular flexibility index (Phi) is 19.0. The van der Waals surface area contributed by atoms with Gasteiger partial charge >= 0.3 is 28.4 Å². The number of ether oxygens (including phenoxy) is 3. The molecule has 4 saturated carbocycles. The lowest BCUT2D eigenvalue weighted by molar-refractivity contribution is -0.156. The van der Waals surface area contributed by atoms with E-state index in [0.717, 1.165) is 50.7 Å². The maximum absolute atomic E-state index is 16.1. The molecule has 1 N–H and O–H groups in total. The molecule has 6 atom stereocenters. The number of sulfone groups is 2. The number of carbonyl (C=O) groups is 4. The van der Waals surface area contributed by atoms with E-state index in [1.165, 1.54) is 97.1 Å². The van der Waals surface area contributed by atoms with Crippen LogP contribution in [-0.4, -0.2) is 68.8 Å². The van der Waals surface area contributed by atoms with Gasteiger partial charge in [-0.3, -0.25) is 14.4 Å². The molecule has 0 radical (unpaired) electrons. The number of rotatable bonds is 19. The van der Waals surface area contributed by atoms with Crippen molar-refractivity contribution in [1.82, 2.24) is 0 Å². The average Bonchev–Trinajstić information content (AvgIpc) is 1.93. The highest BCUT2D eigenvalue weighted by Crippen LogP contribution is 2.54. The normalized spacial score (nSPS) is 20.1. The Morgan fingerprint density at radius 1 is 0.494 bits per heavy atom. The number of halogens is 5. The van der Waals surface area contributed by atoms with Crippen molar-refractivity contribution in [2.75, 3.05) is 13.2 Å². The molecule has 4 bridgehead atoms. The van der Waals surface area contributed by atoms with Crippen LogP contribution in [0.1, 0.15) is 84.7 Å². The lowest BCUT2D eigenvalue weighted by Crippen LogP contribution is -2.50. The van der Waals surface area contributed by atoms with E-state index in [-0.39, 0.29) is 56.7 Å². The Labute approximate surface area is 485 Å². The molecule has 436 valence electrons. The van der Waals surface area contributed by atoms with Crippen LogP contribution in [0.2, 0.25) is 0 Å². The molecule has 6 aromatic rings. The van der Waals surface area contributed by atoms with Crippen molar-refractivity contribution in [3.8, 4) is 11.5 Å². The summed E-state index contributed by atoms with van der Waals surface area (Å²) in [6.45, 7) is 3.26. The number of allylic oxidation sites excluding steroid dienone is 1. The quantitative estimate of drug-likeness (QED) is 0.0202. The molecule has 10 rings (SSSR count). The van der Waals surface area contributed by atoms with Gasteiger partial charge in [0.25, 0.3) is 0 Å². The number of esters is 3. The van der Waals surface area contributed by atoms with Crippen LogP contribution < -0.4 is 4.74 Å². The number of phenolic OH excluding ortho intramolecular Hbond substituents is 1. The summed E-state index contributed by atoms with van der Waals surface area (Å²) >= 11 is 4.71. The largest absolute Gasteiger partial charge is 0.508 e. The minimum absolute atomic E-state index is 0.00703. The second-order valence-electron chi connectivity index (χ2n) is 21.1. The molecule has 0 aromatic heterocycles. The molecule has 4 aliphatic carbocycles. The zero-order valence-corrected chi connectivity index (χ0v) is 47.3. The van der Waals surface area contributed by atoms with Crippen LogP contribution in [0.5, 0.6) is 11.5 Å². The minimum Gasteiger partial charge on any atom is -0.508 e. The molecule has 4 fully saturated rings. The van der Waals surface area contributed by atoms with Crippen molar-refractivity contribution in [3.05, 3.63) is 229 Å². The van der Waals surface area contributed by atoms with Crippen LogP contribution in [0.4, 0.5) is 17.6 Å². The number of phenols is 1. The molecule has 0 heterocycles. The predicted octanol–water partition coefficient (Wildman–Crippen LogP) is 12.7. The van der Waals surface area contributed by atoms with E-state index in [1.54, 1.807) is 72.8 Å². The van der Waals surface area contributed by atoms with Crippen molar-refractivity contribution < 1.29 is 72.9 Å². The van der Waals surface area contributed by atoms with E-state index < -0.39 is 87.9 Å². The summed E-state index contributed by atoms with van der Waals surface area (Å²) in [5.41, 5.74) is 0.369. The van der Waals surface area contributed by atoms with E-state index >= 15 is 17.6 Å². The Morgan fingerprint density at radius 3 is 1.08 bits per heavy atom. The van der Waals surface area contributed by atoms with Crippen LogP contribution in [0.25, 0.3) is 0 Å². The van der Waals surface area contributed by atoms with E-state index in [1.807, 2.05) is 0 Å². The fraction of sp³-hybridized carbons (Fsp3) is 0.312. The fourth-order valence-electron chi connectivity index (χ4n) is 12.4. The standard InChI is InChI=1S/C32H30F2O6S.C29H28F2O5S.C3H3ClO/c1-2-29(35)40-27-17-15-26(16-18-27)32(24-9-5-3-6-10-24,25-11-7-4-8-12-25)41(37,38)31(33,34)21-39-30(36)28-20-22-13-14-23(28)19-22;30-28(31,19-36-27(33)26-18-20-11-12-21(26)17-20)37(34,35)29(22-7-3-1-4-8-22,23-9-5-2-6-10-23)24-13-15-25(32)16-14-24;1-2-3(4)5/h2-12,15-18,22-23,28H,1,13-14,19-21H2;1-10,13-16,20-21,26,32H,11-12,17-19H2;2H,1H2. The molecule has 0 spiro atoms. The first-order valence-electron chi connectivity index (χ1n) is 26.9. The number of fused-ring (bicyclic) bond motifs is 4. The topological polar surface area (TPSA) is 184 Å². The maximum Gasteiger partial charge on any atom is 0.380 e. The highest BCUT2D eigenvalue weighted by Gasteiger charge is 2.63. The molecular weight excluding hydrogens is 1140 g/mol. The SMILES string of the molecule is C=CC(=O)Cl.C=CC(=O)Oc1ccc(C(c2ccccc2)(c2ccccc2)S(=O)(=O)C(F)(F)COC(=O)C2CC3CCC2C3)cc1.O=C(OCC(F)(F)S(=O)(=O)C(c1ccccc1)(c1ccccc1)c1ccc(O)cc1)C1CC2CCC1C2. The summed E-state index contributed by atoms with van der Waals surface area (Å²) < 4.78 is 132. The van der Waals surface area contributed by atoms with E-state index in [9.17, 15) is 41.1 Å². The summed E-state index contributed by atoms with van der Waals surface area (Å²) in [4.78, 5) is 46.7. The van der Waals surface area contributed by atoms with Crippen LogP contribution in [0.15, 0.2) is 195 Å². The number of alkyl halides is 4. The number of aromatic hydroxyl groups is 1. The highest BCUT2D eigenvalue weighted by molar-refractivity contribution is 7.94. The van der Waals surface area contributed by atoms with Gasteiger partial charge in [0.15, 0.2) is 22.7 Å². The van der Waals surface area contributed by atoms with Crippen LogP contribution in [-0.2, 0) is 57.8 Å². The van der Waals surface area contributed by atoms with Gasteiger partial charge in [-0.1, -0.05) is 172 Å². The van der Waals surface area contributed by atoms with Crippen molar-refractivity contribution in [3.63, 3.8) is 0 Å². The molecule has 83 heavy (non-hydrogen) atoms. The van der Waals surface area contributed by atoms with Gasteiger partial charge in [-0.15, -0.1) is 0 Å². The van der Waals surface area contributed by atoms with Crippen molar-refractivity contribution in [1.29, 1.82) is 0 Å². The first-order valence-corrected chi connectivity index (χ1v) is 30.2. The van der Waals surface area contributed by atoms with E-state index in [0.29, 0.717) is 24.7 Å². The fourth-order valence-corrected chi connectivity index (χ4v) is 16.4. The Hall–Kier alpha value is -7.41. The number of hydrogen-bond acceptors (Lipinski definition) is 12. The third-order valence-electron chi connectivity index (χ3n) is 16.2. The second kappa shape index (κ2) is 25.6. The van der Waals surface area contributed by atoms with Gasteiger partial charge in [-0.25, -0.2) is 21.6 Å². The molecule has 0 saturated heterocycles. The zero-order valence-electron chi connectivity index (χ0n) is 44.9.